The van der Waals surface area contributed by atoms with Crippen molar-refractivity contribution >= 4 is 28.4 Å². The number of anilines is 1. The molecule has 2 heterocycles. The second kappa shape index (κ2) is 6.82. The van der Waals surface area contributed by atoms with Gasteiger partial charge in [0.1, 0.15) is 6.04 Å². The summed E-state index contributed by atoms with van der Waals surface area (Å²) in [5, 5.41) is 4.18. The van der Waals surface area contributed by atoms with E-state index < -0.39 is 0 Å². The van der Waals surface area contributed by atoms with Gasteiger partial charge >= 0.3 is 0 Å². The topological polar surface area (TPSA) is 65.2 Å². The highest BCUT2D eigenvalue weighted by molar-refractivity contribution is 5.98. The number of likely N-dealkylation sites (tertiary alicyclic amines) is 1. The predicted octanol–water partition coefficient (Wildman–Crippen LogP) is 4.17. The van der Waals surface area contributed by atoms with E-state index in [9.17, 15) is 9.59 Å². The molecule has 5 heteroatoms. The van der Waals surface area contributed by atoms with Crippen LogP contribution in [0.3, 0.4) is 0 Å². The third kappa shape index (κ3) is 3.17. The smallest absolute Gasteiger partial charge is 0.247 e. The molecular weight excluding hydrogens is 350 g/mol. The molecule has 2 N–H and O–H groups in total. The molecule has 2 aliphatic rings. The van der Waals surface area contributed by atoms with Gasteiger partial charge in [-0.25, -0.2) is 0 Å². The lowest BCUT2D eigenvalue weighted by molar-refractivity contribution is -0.137. The molecule has 5 rings (SSSR count). The fourth-order valence-corrected chi connectivity index (χ4v) is 4.09. The van der Waals surface area contributed by atoms with E-state index in [1.807, 2.05) is 36.4 Å². The van der Waals surface area contributed by atoms with Gasteiger partial charge in [0, 0.05) is 40.3 Å². The van der Waals surface area contributed by atoms with Crippen molar-refractivity contribution in [2.24, 2.45) is 5.92 Å². The van der Waals surface area contributed by atoms with E-state index in [0.717, 1.165) is 53.5 Å². The van der Waals surface area contributed by atoms with Gasteiger partial charge in [0.15, 0.2) is 0 Å². The Morgan fingerprint density at radius 2 is 1.86 bits per heavy atom. The van der Waals surface area contributed by atoms with Crippen LogP contribution in [0.2, 0.25) is 0 Å². The summed E-state index contributed by atoms with van der Waals surface area (Å²) in [6.07, 6.45) is 3.57. The summed E-state index contributed by atoms with van der Waals surface area (Å²) >= 11 is 0. The first kappa shape index (κ1) is 17.0. The van der Waals surface area contributed by atoms with Crippen LogP contribution in [0.4, 0.5) is 5.69 Å². The number of carbonyl (C=O) groups excluding carboxylic acids is 2. The Bertz CT molecular complexity index is 1020. The molecule has 1 saturated carbocycles. The van der Waals surface area contributed by atoms with Crippen molar-refractivity contribution in [1.29, 1.82) is 0 Å². The molecule has 1 atom stereocenters. The molecule has 0 spiro atoms. The minimum Gasteiger partial charge on any atom is -0.355 e. The van der Waals surface area contributed by atoms with Crippen LogP contribution in [0.25, 0.3) is 22.2 Å². The van der Waals surface area contributed by atoms with Crippen LogP contribution in [0.5, 0.6) is 0 Å². The maximum Gasteiger partial charge on any atom is 0.247 e. The molecule has 28 heavy (non-hydrogen) atoms. The Hall–Kier alpha value is -3.08. The average Bonchev–Trinajstić information content (AvgIpc) is 3.28. The fourth-order valence-electron chi connectivity index (χ4n) is 4.09. The number of amides is 2. The van der Waals surface area contributed by atoms with E-state index in [1.165, 1.54) is 0 Å². The maximum atomic E-state index is 12.8. The highest BCUT2D eigenvalue weighted by atomic mass is 16.2. The van der Waals surface area contributed by atoms with Crippen molar-refractivity contribution in [3.63, 3.8) is 0 Å². The van der Waals surface area contributed by atoms with E-state index in [2.05, 4.69) is 28.5 Å². The Kier molecular flexibility index (Phi) is 4.15. The van der Waals surface area contributed by atoms with Gasteiger partial charge in [-0.2, -0.15) is 0 Å². The molecule has 2 fully saturated rings. The molecular formula is C23H23N3O2. The third-order valence-corrected chi connectivity index (χ3v) is 5.74. The van der Waals surface area contributed by atoms with Gasteiger partial charge in [0.25, 0.3) is 0 Å². The normalized spacial score (nSPS) is 19.1. The summed E-state index contributed by atoms with van der Waals surface area (Å²) in [7, 11) is 0. The van der Waals surface area contributed by atoms with E-state index in [-0.39, 0.29) is 23.8 Å². The third-order valence-electron chi connectivity index (χ3n) is 5.74. The summed E-state index contributed by atoms with van der Waals surface area (Å²) in [5.74, 6) is 0.225. The minimum atomic E-state index is -0.343. The summed E-state index contributed by atoms with van der Waals surface area (Å²) in [6, 6.07) is 17.8. The number of nitrogens with zero attached hydrogens (tertiary/aromatic N) is 1. The van der Waals surface area contributed by atoms with Crippen LogP contribution in [0.15, 0.2) is 54.6 Å². The number of nitrogens with one attached hydrogen (secondary N) is 2. The minimum absolute atomic E-state index is 0.0831. The van der Waals surface area contributed by atoms with Crippen molar-refractivity contribution < 1.29 is 9.59 Å². The largest absolute Gasteiger partial charge is 0.355 e. The number of hydrogen-bond donors (Lipinski definition) is 2. The standard InChI is InChI=1S/C23H23N3O2/c27-22(21-9-4-12-26(21)23(28)15-10-11-15)24-18-7-3-6-16(13-18)20-14-17-5-1-2-8-19(17)25-20/h1-3,5-8,13-15,21,25H,4,9-12H2,(H,24,27). The first-order chi connectivity index (χ1) is 13.7. The maximum absolute atomic E-state index is 12.8. The SMILES string of the molecule is O=C(Nc1cccc(-c2cc3ccccc3[nH]2)c1)C1CCCN1C(=O)C1CC1. The first-order valence-corrected chi connectivity index (χ1v) is 9.98. The van der Waals surface area contributed by atoms with E-state index in [4.69, 9.17) is 0 Å². The number of rotatable bonds is 4. The lowest BCUT2D eigenvalue weighted by Crippen LogP contribution is -2.43. The lowest BCUT2D eigenvalue weighted by Gasteiger charge is -2.24. The fraction of sp³-hybridized carbons (Fsp3) is 0.304. The molecule has 1 unspecified atom stereocenters. The number of carbonyl (C=O) groups is 2. The average molecular weight is 373 g/mol. The molecule has 1 aromatic heterocycles. The van der Waals surface area contributed by atoms with Crippen LogP contribution in [-0.2, 0) is 9.59 Å². The lowest BCUT2D eigenvalue weighted by atomic mass is 10.1. The molecule has 5 nitrogen and oxygen atoms in total. The van der Waals surface area contributed by atoms with Crippen molar-refractivity contribution in [3.8, 4) is 11.3 Å². The van der Waals surface area contributed by atoms with Gasteiger partial charge in [-0.15, -0.1) is 0 Å². The number of para-hydroxylation sites is 1. The van der Waals surface area contributed by atoms with Gasteiger partial charge in [-0.05, 0) is 49.9 Å². The van der Waals surface area contributed by atoms with Gasteiger partial charge in [-0.3, -0.25) is 9.59 Å². The predicted molar refractivity (Wildman–Crippen MR) is 110 cm³/mol. The van der Waals surface area contributed by atoms with Crippen molar-refractivity contribution in [1.82, 2.24) is 9.88 Å². The van der Waals surface area contributed by atoms with E-state index >= 15 is 0 Å². The summed E-state index contributed by atoms with van der Waals surface area (Å²) < 4.78 is 0. The molecule has 1 aliphatic carbocycles. The second-order valence-electron chi connectivity index (χ2n) is 7.80. The quantitative estimate of drug-likeness (QED) is 0.721. The van der Waals surface area contributed by atoms with Gasteiger partial charge < -0.3 is 15.2 Å². The molecule has 1 aliphatic heterocycles. The van der Waals surface area contributed by atoms with Gasteiger partial charge in [0.05, 0.1) is 0 Å². The Morgan fingerprint density at radius 1 is 1.00 bits per heavy atom. The van der Waals surface area contributed by atoms with Crippen LogP contribution >= 0.6 is 0 Å². The Morgan fingerprint density at radius 3 is 2.68 bits per heavy atom. The molecule has 142 valence electrons. The number of fused-ring (bicyclic) bond motifs is 1. The molecule has 0 radical (unpaired) electrons. The number of aromatic amines is 1. The molecule has 3 aromatic rings. The van der Waals surface area contributed by atoms with Crippen LogP contribution in [0.1, 0.15) is 25.7 Å². The van der Waals surface area contributed by atoms with E-state index in [1.54, 1.807) is 4.90 Å². The Balaban J connectivity index is 1.34. The molecule has 1 saturated heterocycles. The van der Waals surface area contributed by atoms with Crippen LogP contribution in [-0.4, -0.2) is 34.3 Å². The summed E-state index contributed by atoms with van der Waals surface area (Å²) in [5.41, 5.74) is 3.88. The zero-order chi connectivity index (χ0) is 19.1. The Labute approximate surface area is 163 Å². The molecule has 0 bridgehead atoms. The monoisotopic (exact) mass is 373 g/mol. The van der Waals surface area contributed by atoms with Gasteiger partial charge in [-0.1, -0.05) is 30.3 Å². The number of benzene rings is 2. The summed E-state index contributed by atoms with van der Waals surface area (Å²) in [6.45, 7) is 0.697. The second-order valence-corrected chi connectivity index (χ2v) is 7.80. The first-order valence-electron chi connectivity index (χ1n) is 9.98. The number of H-pyrrole nitrogens is 1. The van der Waals surface area contributed by atoms with E-state index in [0.29, 0.717) is 6.54 Å². The molecule has 2 aromatic carbocycles. The van der Waals surface area contributed by atoms with Crippen molar-refractivity contribution in [3.05, 3.63) is 54.6 Å². The van der Waals surface area contributed by atoms with Gasteiger partial charge in [0.2, 0.25) is 11.8 Å². The zero-order valence-electron chi connectivity index (χ0n) is 15.7. The van der Waals surface area contributed by atoms with Crippen molar-refractivity contribution in [2.45, 2.75) is 31.7 Å². The summed E-state index contributed by atoms with van der Waals surface area (Å²) in [4.78, 5) is 30.5. The van der Waals surface area contributed by atoms with Crippen LogP contribution in [0, 0.1) is 5.92 Å². The highest BCUT2D eigenvalue weighted by Gasteiger charge is 2.40. The molecule has 2 amide bonds. The number of aromatic nitrogens is 1. The van der Waals surface area contributed by atoms with Crippen LogP contribution < -0.4 is 5.32 Å². The zero-order valence-corrected chi connectivity index (χ0v) is 15.7. The number of hydrogen-bond acceptors (Lipinski definition) is 2. The van der Waals surface area contributed by atoms with Crippen molar-refractivity contribution in [2.75, 3.05) is 11.9 Å². The highest BCUT2D eigenvalue weighted by Crippen LogP contribution is 2.34.